The molecule has 0 heterocycles. The molecule has 0 bridgehead atoms. The number of hydrogen-bond acceptors (Lipinski definition) is 3. The standard InChI is InChI=1S/C14H21ClN2O/c1-18-13-7-2-10(14(15)8-13)9-17-12-5-3-11(16)4-6-12/h2,7-8,11-12,17H,3-6,9,16H2,1H3. The van der Waals surface area contributed by atoms with E-state index < -0.39 is 0 Å². The van der Waals surface area contributed by atoms with E-state index in [9.17, 15) is 0 Å². The zero-order chi connectivity index (χ0) is 13.0. The second-order valence-electron chi connectivity index (χ2n) is 4.95. The van der Waals surface area contributed by atoms with Gasteiger partial charge in [0.15, 0.2) is 0 Å². The van der Waals surface area contributed by atoms with Crippen LogP contribution in [0.5, 0.6) is 5.75 Å². The van der Waals surface area contributed by atoms with Crippen molar-refractivity contribution in [3.63, 3.8) is 0 Å². The zero-order valence-electron chi connectivity index (χ0n) is 10.8. The number of benzene rings is 1. The molecule has 1 aliphatic carbocycles. The fourth-order valence-corrected chi connectivity index (χ4v) is 2.61. The van der Waals surface area contributed by atoms with Gasteiger partial charge in [0.05, 0.1) is 7.11 Å². The monoisotopic (exact) mass is 268 g/mol. The van der Waals surface area contributed by atoms with Crippen LogP contribution in [0, 0.1) is 0 Å². The zero-order valence-corrected chi connectivity index (χ0v) is 11.5. The number of hydrogen-bond donors (Lipinski definition) is 2. The van der Waals surface area contributed by atoms with Gasteiger partial charge in [0, 0.05) is 23.7 Å². The molecular formula is C14H21ClN2O. The van der Waals surface area contributed by atoms with Crippen molar-refractivity contribution in [3.8, 4) is 5.75 Å². The lowest BCUT2D eigenvalue weighted by atomic mass is 9.92. The second-order valence-corrected chi connectivity index (χ2v) is 5.36. The molecule has 4 heteroatoms. The molecule has 1 fully saturated rings. The Hall–Kier alpha value is -0.770. The van der Waals surface area contributed by atoms with Gasteiger partial charge in [0.2, 0.25) is 0 Å². The molecule has 0 aliphatic heterocycles. The van der Waals surface area contributed by atoms with Crippen LogP contribution in [-0.4, -0.2) is 19.2 Å². The lowest BCUT2D eigenvalue weighted by Crippen LogP contribution is -2.37. The lowest BCUT2D eigenvalue weighted by Gasteiger charge is -2.27. The molecule has 3 nitrogen and oxygen atoms in total. The van der Waals surface area contributed by atoms with E-state index in [1.807, 2.05) is 18.2 Å². The minimum absolute atomic E-state index is 0.396. The summed E-state index contributed by atoms with van der Waals surface area (Å²) in [6, 6.07) is 6.79. The topological polar surface area (TPSA) is 47.3 Å². The molecule has 1 aromatic carbocycles. The smallest absolute Gasteiger partial charge is 0.120 e. The summed E-state index contributed by atoms with van der Waals surface area (Å²) in [6.07, 6.45) is 4.56. The van der Waals surface area contributed by atoms with E-state index in [0.717, 1.165) is 48.6 Å². The van der Waals surface area contributed by atoms with Gasteiger partial charge >= 0.3 is 0 Å². The third-order valence-electron chi connectivity index (χ3n) is 3.61. The molecule has 1 saturated carbocycles. The van der Waals surface area contributed by atoms with Crippen molar-refractivity contribution in [2.45, 2.75) is 44.3 Å². The number of rotatable bonds is 4. The Morgan fingerprint density at radius 1 is 1.33 bits per heavy atom. The molecule has 0 spiro atoms. The summed E-state index contributed by atoms with van der Waals surface area (Å²) in [5.74, 6) is 0.799. The summed E-state index contributed by atoms with van der Waals surface area (Å²) in [4.78, 5) is 0. The maximum Gasteiger partial charge on any atom is 0.120 e. The van der Waals surface area contributed by atoms with Crippen LogP contribution in [0.4, 0.5) is 0 Å². The Morgan fingerprint density at radius 2 is 2.06 bits per heavy atom. The van der Waals surface area contributed by atoms with Crippen LogP contribution in [0.1, 0.15) is 31.2 Å². The molecule has 3 N–H and O–H groups in total. The highest BCUT2D eigenvalue weighted by Crippen LogP contribution is 2.23. The van der Waals surface area contributed by atoms with Gasteiger partial charge in [0.25, 0.3) is 0 Å². The largest absolute Gasteiger partial charge is 0.497 e. The van der Waals surface area contributed by atoms with Gasteiger partial charge in [0.1, 0.15) is 5.75 Å². The Kier molecular flexibility index (Phi) is 4.87. The van der Waals surface area contributed by atoms with Gasteiger partial charge in [-0.15, -0.1) is 0 Å². The van der Waals surface area contributed by atoms with Gasteiger partial charge in [-0.2, -0.15) is 0 Å². The minimum atomic E-state index is 0.396. The van der Waals surface area contributed by atoms with E-state index in [1.165, 1.54) is 0 Å². The van der Waals surface area contributed by atoms with E-state index in [0.29, 0.717) is 12.1 Å². The highest BCUT2D eigenvalue weighted by Gasteiger charge is 2.18. The molecule has 1 aromatic rings. The summed E-state index contributed by atoms with van der Waals surface area (Å²) in [7, 11) is 1.65. The Balaban J connectivity index is 1.86. The minimum Gasteiger partial charge on any atom is -0.497 e. The van der Waals surface area contributed by atoms with Crippen molar-refractivity contribution in [1.82, 2.24) is 5.32 Å². The van der Waals surface area contributed by atoms with Gasteiger partial charge in [-0.25, -0.2) is 0 Å². The van der Waals surface area contributed by atoms with Crippen molar-refractivity contribution in [2.75, 3.05) is 7.11 Å². The molecule has 0 radical (unpaired) electrons. The summed E-state index contributed by atoms with van der Waals surface area (Å²) >= 11 is 6.21. The number of methoxy groups -OCH3 is 1. The first-order valence-electron chi connectivity index (χ1n) is 6.50. The number of nitrogens with one attached hydrogen (secondary N) is 1. The van der Waals surface area contributed by atoms with E-state index >= 15 is 0 Å². The van der Waals surface area contributed by atoms with Gasteiger partial charge < -0.3 is 15.8 Å². The third-order valence-corrected chi connectivity index (χ3v) is 3.97. The molecule has 0 amide bonds. The Labute approximate surface area is 114 Å². The van der Waals surface area contributed by atoms with Crippen LogP contribution in [0.15, 0.2) is 18.2 Å². The maximum atomic E-state index is 6.21. The van der Waals surface area contributed by atoms with Crippen molar-refractivity contribution < 1.29 is 4.74 Å². The van der Waals surface area contributed by atoms with Crippen LogP contribution in [0.2, 0.25) is 5.02 Å². The van der Waals surface area contributed by atoms with Crippen LogP contribution >= 0.6 is 11.6 Å². The average Bonchev–Trinajstić information content (AvgIpc) is 2.39. The lowest BCUT2D eigenvalue weighted by molar-refractivity contribution is 0.342. The normalized spacial score (nSPS) is 23.9. The summed E-state index contributed by atoms with van der Waals surface area (Å²) in [5.41, 5.74) is 7.02. The highest BCUT2D eigenvalue weighted by molar-refractivity contribution is 6.31. The first-order valence-corrected chi connectivity index (χ1v) is 6.88. The molecule has 18 heavy (non-hydrogen) atoms. The quantitative estimate of drug-likeness (QED) is 0.883. The van der Waals surface area contributed by atoms with E-state index in [4.69, 9.17) is 22.1 Å². The van der Waals surface area contributed by atoms with Crippen LogP contribution < -0.4 is 15.8 Å². The van der Waals surface area contributed by atoms with Crippen molar-refractivity contribution in [1.29, 1.82) is 0 Å². The molecular weight excluding hydrogens is 248 g/mol. The van der Waals surface area contributed by atoms with Crippen molar-refractivity contribution in [2.24, 2.45) is 5.73 Å². The van der Waals surface area contributed by atoms with E-state index in [2.05, 4.69) is 5.32 Å². The second kappa shape index (κ2) is 6.41. The predicted octanol–water partition coefficient (Wildman–Crippen LogP) is 2.71. The Morgan fingerprint density at radius 3 is 2.67 bits per heavy atom. The molecule has 0 unspecified atom stereocenters. The van der Waals surface area contributed by atoms with Crippen molar-refractivity contribution in [3.05, 3.63) is 28.8 Å². The first-order chi connectivity index (χ1) is 8.69. The van der Waals surface area contributed by atoms with Gasteiger partial charge in [-0.3, -0.25) is 0 Å². The van der Waals surface area contributed by atoms with Crippen molar-refractivity contribution >= 4 is 11.6 Å². The van der Waals surface area contributed by atoms with Gasteiger partial charge in [-0.05, 0) is 43.4 Å². The fraction of sp³-hybridized carbons (Fsp3) is 0.571. The van der Waals surface area contributed by atoms with Crippen LogP contribution in [-0.2, 0) is 6.54 Å². The summed E-state index contributed by atoms with van der Waals surface area (Å²) < 4.78 is 5.14. The Bertz CT molecular complexity index is 389. The molecule has 1 aliphatic rings. The maximum absolute atomic E-state index is 6.21. The number of ether oxygens (including phenoxy) is 1. The molecule has 100 valence electrons. The highest BCUT2D eigenvalue weighted by atomic mass is 35.5. The summed E-state index contributed by atoms with van der Waals surface area (Å²) in [6.45, 7) is 0.808. The van der Waals surface area contributed by atoms with E-state index in [-0.39, 0.29) is 0 Å². The number of nitrogens with two attached hydrogens (primary N) is 1. The molecule has 0 atom stereocenters. The van der Waals surface area contributed by atoms with E-state index in [1.54, 1.807) is 7.11 Å². The molecule has 0 aromatic heterocycles. The molecule has 0 saturated heterocycles. The van der Waals surface area contributed by atoms with Crippen LogP contribution in [0.3, 0.4) is 0 Å². The third kappa shape index (κ3) is 3.61. The SMILES string of the molecule is COc1ccc(CNC2CCC(N)CC2)c(Cl)c1. The average molecular weight is 269 g/mol. The van der Waals surface area contributed by atoms with Crippen LogP contribution in [0.25, 0.3) is 0 Å². The first kappa shape index (κ1) is 13.7. The molecule has 2 rings (SSSR count). The number of halogens is 1. The summed E-state index contributed by atoms with van der Waals surface area (Å²) in [5, 5.41) is 4.31. The fourth-order valence-electron chi connectivity index (χ4n) is 2.38. The van der Waals surface area contributed by atoms with Gasteiger partial charge in [-0.1, -0.05) is 17.7 Å². The predicted molar refractivity (Wildman–Crippen MR) is 75.1 cm³/mol.